The molecule has 0 saturated carbocycles. The maximum atomic E-state index is 12.3. The highest BCUT2D eigenvalue weighted by Gasteiger charge is 2.35. The van der Waals surface area contributed by atoms with Gasteiger partial charge in [0, 0.05) is 18.2 Å². The molecule has 0 bridgehead atoms. The number of nitrogens with zero attached hydrogens (tertiary/aromatic N) is 2. The van der Waals surface area contributed by atoms with Crippen molar-refractivity contribution in [2.75, 3.05) is 13.7 Å². The van der Waals surface area contributed by atoms with Gasteiger partial charge in [-0.1, -0.05) is 12.1 Å². The van der Waals surface area contributed by atoms with Gasteiger partial charge >= 0.3 is 5.69 Å². The molecule has 26 heavy (non-hydrogen) atoms. The normalized spacial score (nSPS) is 22.4. The van der Waals surface area contributed by atoms with E-state index >= 15 is 0 Å². The van der Waals surface area contributed by atoms with Crippen LogP contribution in [0.5, 0.6) is 11.6 Å². The number of benzene rings is 1. The van der Waals surface area contributed by atoms with Crippen LogP contribution in [0.15, 0.2) is 35.3 Å². The third kappa shape index (κ3) is 3.87. The van der Waals surface area contributed by atoms with Crippen molar-refractivity contribution in [1.82, 2.24) is 9.55 Å². The molecule has 0 aliphatic carbocycles. The van der Waals surface area contributed by atoms with Gasteiger partial charge in [-0.2, -0.15) is 4.98 Å². The summed E-state index contributed by atoms with van der Waals surface area (Å²) >= 11 is 0. The lowest BCUT2D eigenvalue weighted by Crippen LogP contribution is -2.28. The Bertz CT molecular complexity index is 804. The van der Waals surface area contributed by atoms with Crippen molar-refractivity contribution in [2.45, 2.75) is 38.4 Å². The molecule has 0 spiro atoms. The number of aryl methyl sites for hydroxylation is 1. The van der Waals surface area contributed by atoms with Gasteiger partial charge in [0.15, 0.2) is 0 Å². The van der Waals surface area contributed by atoms with Crippen LogP contribution in [-0.4, -0.2) is 45.7 Å². The fourth-order valence-electron chi connectivity index (χ4n) is 2.83. The van der Waals surface area contributed by atoms with E-state index in [4.69, 9.17) is 19.3 Å². The fourth-order valence-corrected chi connectivity index (χ4v) is 2.83. The first-order valence-corrected chi connectivity index (χ1v) is 8.31. The summed E-state index contributed by atoms with van der Waals surface area (Å²) < 4.78 is 17.6. The van der Waals surface area contributed by atoms with Gasteiger partial charge in [-0.3, -0.25) is 4.57 Å². The molecule has 140 valence electrons. The molecule has 1 fully saturated rings. The molecule has 1 aliphatic rings. The summed E-state index contributed by atoms with van der Waals surface area (Å²) in [6.45, 7) is 1.75. The quantitative estimate of drug-likeness (QED) is 0.783. The molecule has 2 heterocycles. The third-order valence-electron chi connectivity index (χ3n) is 4.32. The molecular weight excluding hydrogens is 340 g/mol. The highest BCUT2D eigenvalue weighted by Crippen LogP contribution is 2.28. The molecule has 2 aromatic rings. The minimum absolute atomic E-state index is 0.221. The average molecular weight is 362 g/mol. The number of aromatic nitrogens is 2. The SMILES string of the molecule is COc1ccc(COc2nc(=O)n([C@H]3CC(O)[C@@H](CO)O3)cc2C)cc1. The Hall–Kier alpha value is -2.42. The number of aliphatic hydroxyl groups is 2. The van der Waals surface area contributed by atoms with E-state index in [9.17, 15) is 9.90 Å². The number of ether oxygens (including phenoxy) is 3. The van der Waals surface area contributed by atoms with E-state index < -0.39 is 24.1 Å². The first-order chi connectivity index (χ1) is 12.5. The number of methoxy groups -OCH3 is 1. The van der Waals surface area contributed by atoms with Crippen LogP contribution in [0.2, 0.25) is 0 Å². The predicted octanol–water partition coefficient (Wildman–Crippen LogP) is 0.780. The molecular formula is C18H22N2O6. The molecule has 1 aromatic heterocycles. The first kappa shape index (κ1) is 18.4. The summed E-state index contributed by atoms with van der Waals surface area (Å²) in [6, 6.07) is 7.41. The molecule has 0 radical (unpaired) electrons. The van der Waals surface area contributed by atoms with Gasteiger partial charge in [0.1, 0.15) is 24.7 Å². The van der Waals surface area contributed by atoms with Crippen LogP contribution in [0.3, 0.4) is 0 Å². The average Bonchev–Trinajstić information content (AvgIpc) is 3.03. The summed E-state index contributed by atoms with van der Waals surface area (Å²) in [5.74, 6) is 1.00. The number of aliphatic hydroxyl groups excluding tert-OH is 2. The Morgan fingerprint density at radius 1 is 1.35 bits per heavy atom. The van der Waals surface area contributed by atoms with Crippen LogP contribution < -0.4 is 15.2 Å². The van der Waals surface area contributed by atoms with Crippen LogP contribution in [0.4, 0.5) is 0 Å². The summed E-state index contributed by atoms with van der Waals surface area (Å²) in [4.78, 5) is 16.3. The Balaban J connectivity index is 1.72. The minimum atomic E-state index is -0.816. The highest BCUT2D eigenvalue weighted by molar-refractivity contribution is 5.27. The second kappa shape index (κ2) is 7.86. The molecule has 1 unspecified atom stereocenters. The molecule has 8 heteroatoms. The van der Waals surface area contributed by atoms with Crippen LogP contribution in [0.1, 0.15) is 23.8 Å². The number of rotatable bonds is 6. The van der Waals surface area contributed by atoms with Crippen molar-refractivity contribution in [3.8, 4) is 11.6 Å². The lowest BCUT2D eigenvalue weighted by atomic mass is 10.2. The molecule has 1 aromatic carbocycles. The van der Waals surface area contributed by atoms with E-state index in [2.05, 4.69) is 4.98 Å². The molecule has 1 saturated heterocycles. The predicted molar refractivity (Wildman–Crippen MR) is 92.2 cm³/mol. The van der Waals surface area contributed by atoms with Gasteiger partial charge in [0.05, 0.1) is 19.8 Å². The van der Waals surface area contributed by atoms with Crippen molar-refractivity contribution in [3.63, 3.8) is 0 Å². The van der Waals surface area contributed by atoms with Gasteiger partial charge in [0.2, 0.25) is 5.88 Å². The Labute approximate surface area is 150 Å². The van der Waals surface area contributed by atoms with Crippen molar-refractivity contribution in [2.24, 2.45) is 0 Å². The van der Waals surface area contributed by atoms with E-state index in [1.165, 1.54) is 4.57 Å². The molecule has 2 N–H and O–H groups in total. The fraction of sp³-hybridized carbons (Fsp3) is 0.444. The van der Waals surface area contributed by atoms with Gasteiger partial charge in [-0.05, 0) is 24.6 Å². The molecule has 1 aliphatic heterocycles. The van der Waals surface area contributed by atoms with E-state index in [0.717, 1.165) is 11.3 Å². The number of hydrogen-bond acceptors (Lipinski definition) is 7. The van der Waals surface area contributed by atoms with Crippen LogP contribution in [0, 0.1) is 6.92 Å². The first-order valence-electron chi connectivity index (χ1n) is 8.31. The van der Waals surface area contributed by atoms with Gasteiger partial charge in [0.25, 0.3) is 0 Å². The van der Waals surface area contributed by atoms with Crippen molar-refractivity contribution >= 4 is 0 Å². The van der Waals surface area contributed by atoms with Crippen molar-refractivity contribution in [1.29, 1.82) is 0 Å². The Morgan fingerprint density at radius 3 is 2.69 bits per heavy atom. The second-order valence-corrected chi connectivity index (χ2v) is 6.17. The van der Waals surface area contributed by atoms with Crippen LogP contribution in [0.25, 0.3) is 0 Å². The Kier molecular flexibility index (Phi) is 5.55. The standard InChI is InChI=1S/C18H22N2O6/c1-11-8-20(16-7-14(22)15(9-21)26-16)18(23)19-17(11)25-10-12-3-5-13(24-2)6-4-12/h3-6,8,14-16,21-22H,7,9-10H2,1-2H3/t14?,15-,16-/m1/s1. The maximum Gasteiger partial charge on any atom is 0.352 e. The monoisotopic (exact) mass is 362 g/mol. The van der Waals surface area contributed by atoms with Crippen molar-refractivity contribution < 1.29 is 24.4 Å². The van der Waals surface area contributed by atoms with E-state index in [-0.39, 0.29) is 25.5 Å². The van der Waals surface area contributed by atoms with Gasteiger partial charge < -0.3 is 24.4 Å². The van der Waals surface area contributed by atoms with Gasteiger partial charge in [-0.25, -0.2) is 4.79 Å². The number of hydrogen-bond donors (Lipinski definition) is 2. The smallest absolute Gasteiger partial charge is 0.352 e. The zero-order valence-corrected chi connectivity index (χ0v) is 14.7. The summed E-state index contributed by atoms with van der Waals surface area (Å²) in [6.07, 6.45) is -0.355. The van der Waals surface area contributed by atoms with E-state index in [1.807, 2.05) is 24.3 Å². The van der Waals surface area contributed by atoms with E-state index in [1.54, 1.807) is 20.2 Å². The van der Waals surface area contributed by atoms with Crippen LogP contribution >= 0.6 is 0 Å². The molecule has 0 amide bonds. The zero-order valence-electron chi connectivity index (χ0n) is 14.7. The zero-order chi connectivity index (χ0) is 18.7. The minimum Gasteiger partial charge on any atom is -0.497 e. The topological polar surface area (TPSA) is 103 Å². The molecule has 3 atom stereocenters. The van der Waals surface area contributed by atoms with E-state index in [0.29, 0.717) is 5.56 Å². The molecule has 8 nitrogen and oxygen atoms in total. The van der Waals surface area contributed by atoms with Crippen molar-refractivity contribution in [3.05, 3.63) is 52.1 Å². The highest BCUT2D eigenvalue weighted by atomic mass is 16.5. The lowest BCUT2D eigenvalue weighted by molar-refractivity contribution is -0.0460. The lowest BCUT2D eigenvalue weighted by Gasteiger charge is -2.16. The third-order valence-corrected chi connectivity index (χ3v) is 4.32. The Morgan fingerprint density at radius 2 is 2.08 bits per heavy atom. The summed E-state index contributed by atoms with van der Waals surface area (Å²) in [7, 11) is 1.60. The summed E-state index contributed by atoms with van der Waals surface area (Å²) in [5.41, 5.74) is 1.06. The summed E-state index contributed by atoms with van der Waals surface area (Å²) in [5, 5.41) is 19.0. The second-order valence-electron chi connectivity index (χ2n) is 6.17. The van der Waals surface area contributed by atoms with Gasteiger partial charge in [-0.15, -0.1) is 0 Å². The maximum absolute atomic E-state index is 12.3. The van der Waals surface area contributed by atoms with Crippen LogP contribution in [-0.2, 0) is 11.3 Å². The largest absolute Gasteiger partial charge is 0.497 e. The molecule has 3 rings (SSSR count).